The first-order valence-electron chi connectivity index (χ1n) is 33.3. The van der Waals surface area contributed by atoms with Crippen LogP contribution in [-0.2, 0) is 10.8 Å². The minimum Gasteiger partial charge on any atom is -0.311 e. The van der Waals surface area contributed by atoms with E-state index in [2.05, 4.69) is 360 Å². The molecule has 5 heteroatoms. The van der Waals surface area contributed by atoms with Crippen LogP contribution in [-0.4, -0.2) is 6.71 Å². The summed E-state index contributed by atoms with van der Waals surface area (Å²) in [5.74, 6) is 0. The summed E-state index contributed by atoms with van der Waals surface area (Å²) in [6.45, 7) is 13.9. The fourth-order valence-electron chi connectivity index (χ4n) is 15.6. The van der Waals surface area contributed by atoms with Gasteiger partial charge < -0.3 is 14.7 Å². The monoisotopic (exact) mass is 1230 g/mol. The van der Waals surface area contributed by atoms with E-state index >= 15 is 0 Å². The third-order valence-corrected chi connectivity index (χ3v) is 21.4. The molecule has 0 radical (unpaired) electrons. The zero-order valence-electron chi connectivity index (χ0n) is 54.2. The molecule has 0 saturated heterocycles. The van der Waals surface area contributed by atoms with E-state index in [1.54, 1.807) is 0 Å². The summed E-state index contributed by atoms with van der Waals surface area (Å²) in [5, 5.41) is 10.2. The molecule has 0 atom stereocenters. The van der Waals surface area contributed by atoms with Crippen molar-refractivity contribution in [3.8, 4) is 44.5 Å². The first-order valence-corrected chi connectivity index (χ1v) is 34.1. The Morgan fingerprint density at radius 3 is 1.48 bits per heavy atom. The summed E-state index contributed by atoms with van der Waals surface area (Å²) >= 11 is 1.86. The van der Waals surface area contributed by atoms with E-state index < -0.39 is 0 Å². The molecule has 0 saturated carbocycles. The lowest BCUT2D eigenvalue weighted by atomic mass is 9.33. The fourth-order valence-corrected chi connectivity index (χ4v) is 16.7. The van der Waals surface area contributed by atoms with Crippen molar-refractivity contribution in [2.45, 2.75) is 52.4 Å². The van der Waals surface area contributed by atoms with Gasteiger partial charge in [-0.15, -0.1) is 11.3 Å². The molecule has 3 nitrogen and oxygen atoms in total. The van der Waals surface area contributed by atoms with Crippen molar-refractivity contribution in [1.29, 1.82) is 0 Å². The highest BCUT2D eigenvalue weighted by atomic mass is 32.1. The number of anilines is 9. The molecule has 0 fully saturated rings. The molecule has 3 heterocycles. The summed E-state index contributed by atoms with van der Waals surface area (Å²) in [6.07, 6.45) is 0. The standard InChI is InChI=1S/C90H68BN3S/c1-89(2,3)65-41-46-79(74(53-65)63-49-61-39-37-59-27-22-28-60-38-40-62(50-63)87(61)86(59)60)93-80-47-42-66(90(4,5)6)54-77(80)91-76-45-43-69(92(67-29-14-9-15-30-67)68-44-48-85-75(55-68)73-34-19-21-36-84(73)95-85)56-81(76)94(78-35-20-18-33-72(78)58-25-12-8-13-26-58)83-52-64(51-82(93)88(83)91)71-32-17-16-31-70(71)57-23-10-7-11-24-57/h7-56H,1-6H3. The first-order chi connectivity index (χ1) is 46.4. The van der Waals surface area contributed by atoms with E-state index in [1.807, 2.05) is 11.3 Å². The number of thiophene rings is 1. The van der Waals surface area contributed by atoms with Crippen LogP contribution < -0.4 is 31.1 Å². The summed E-state index contributed by atoms with van der Waals surface area (Å²) in [4.78, 5) is 7.78. The summed E-state index contributed by atoms with van der Waals surface area (Å²) < 4.78 is 2.57. The molecule has 0 amide bonds. The Hall–Kier alpha value is -11.0. The maximum absolute atomic E-state index is 2.67. The minimum absolute atomic E-state index is 0.132. The highest BCUT2D eigenvalue weighted by Crippen LogP contribution is 2.53. The van der Waals surface area contributed by atoms with Gasteiger partial charge in [0.25, 0.3) is 6.71 Å². The van der Waals surface area contributed by atoms with Crippen molar-refractivity contribution < 1.29 is 0 Å². The molecular formula is C90H68BN3S. The van der Waals surface area contributed by atoms with Gasteiger partial charge in [0.2, 0.25) is 0 Å². The third-order valence-electron chi connectivity index (χ3n) is 20.2. The Bertz CT molecular complexity index is 5660. The molecule has 2 aliphatic heterocycles. The largest absolute Gasteiger partial charge is 0.311 e. The SMILES string of the molecule is CC(C)(C)c1ccc2c(c1)B1c3ccc(N(c4ccccc4)c4ccc5sc6ccccc6c5c4)cc3N(c3ccccc3-c3ccccc3)c3cc(-c4ccccc4-c4ccccc4)cc(c31)N2c1ccc(C(C)(C)C)cc1-c1cc2ccc3cccc4ccc(c1)c2c34. The lowest BCUT2D eigenvalue weighted by molar-refractivity contribution is 0.590. The lowest BCUT2D eigenvalue weighted by Gasteiger charge is -2.46. The van der Waals surface area contributed by atoms with Crippen LogP contribution in [0.25, 0.3) is 97.0 Å². The quantitative estimate of drug-likeness (QED) is 0.105. The van der Waals surface area contributed by atoms with Gasteiger partial charge in [0.15, 0.2) is 0 Å². The van der Waals surface area contributed by atoms with Crippen LogP contribution in [0.2, 0.25) is 0 Å². The average Bonchev–Trinajstić information content (AvgIpc) is 1.66. The molecule has 15 aromatic carbocycles. The van der Waals surface area contributed by atoms with Crippen molar-refractivity contribution in [1.82, 2.24) is 0 Å². The molecule has 95 heavy (non-hydrogen) atoms. The van der Waals surface area contributed by atoms with Gasteiger partial charge in [-0.1, -0.05) is 248 Å². The van der Waals surface area contributed by atoms with Crippen molar-refractivity contribution in [3.63, 3.8) is 0 Å². The van der Waals surface area contributed by atoms with Gasteiger partial charge in [0.1, 0.15) is 0 Å². The Kier molecular flexibility index (Phi) is 13.0. The van der Waals surface area contributed by atoms with E-state index in [9.17, 15) is 0 Å². The zero-order chi connectivity index (χ0) is 63.8. The lowest BCUT2D eigenvalue weighted by Crippen LogP contribution is -2.61. The molecule has 0 spiro atoms. The molecule has 0 aliphatic carbocycles. The summed E-state index contributed by atoms with van der Waals surface area (Å²) in [7, 11) is 0. The van der Waals surface area contributed by atoms with Crippen LogP contribution in [0, 0.1) is 0 Å². The molecule has 0 unspecified atom stereocenters. The van der Waals surface area contributed by atoms with Crippen LogP contribution in [0.15, 0.2) is 303 Å². The highest BCUT2D eigenvalue weighted by molar-refractivity contribution is 7.25. The molecule has 452 valence electrons. The average molecular weight is 1230 g/mol. The van der Waals surface area contributed by atoms with E-state index in [-0.39, 0.29) is 17.5 Å². The van der Waals surface area contributed by atoms with Gasteiger partial charge in [0, 0.05) is 71.1 Å². The van der Waals surface area contributed by atoms with E-state index in [1.165, 1.54) is 114 Å². The van der Waals surface area contributed by atoms with Crippen molar-refractivity contribution in [2.75, 3.05) is 14.7 Å². The number of hydrogen-bond acceptors (Lipinski definition) is 4. The second-order valence-corrected chi connectivity index (χ2v) is 29.1. The van der Waals surface area contributed by atoms with Crippen LogP contribution in [0.5, 0.6) is 0 Å². The molecule has 2 aliphatic rings. The number of nitrogens with zero attached hydrogens (tertiary/aromatic N) is 3. The Labute approximate surface area is 560 Å². The van der Waals surface area contributed by atoms with Gasteiger partial charge in [-0.3, -0.25) is 0 Å². The van der Waals surface area contributed by atoms with E-state index in [0.717, 1.165) is 62.2 Å². The predicted molar refractivity (Wildman–Crippen MR) is 411 cm³/mol. The predicted octanol–water partition coefficient (Wildman–Crippen LogP) is 23.8. The molecule has 0 N–H and O–H groups in total. The second kappa shape index (κ2) is 21.8. The van der Waals surface area contributed by atoms with Gasteiger partial charge in [-0.2, -0.15) is 0 Å². The van der Waals surface area contributed by atoms with Crippen LogP contribution in [0.1, 0.15) is 52.7 Å². The van der Waals surface area contributed by atoms with E-state index in [4.69, 9.17) is 0 Å². The highest BCUT2D eigenvalue weighted by Gasteiger charge is 2.45. The number of fused-ring (bicyclic) bond motifs is 7. The van der Waals surface area contributed by atoms with Crippen molar-refractivity contribution >= 4 is 138 Å². The van der Waals surface area contributed by atoms with Crippen LogP contribution in [0.4, 0.5) is 51.2 Å². The molecule has 1 aromatic heterocycles. The topological polar surface area (TPSA) is 9.72 Å². The van der Waals surface area contributed by atoms with Gasteiger partial charge in [-0.05, 0) is 201 Å². The first kappa shape index (κ1) is 56.8. The van der Waals surface area contributed by atoms with Gasteiger partial charge in [-0.25, -0.2) is 0 Å². The summed E-state index contributed by atoms with van der Waals surface area (Å²) in [5.41, 5.74) is 25.6. The van der Waals surface area contributed by atoms with Crippen molar-refractivity contribution in [2.24, 2.45) is 0 Å². The smallest absolute Gasteiger partial charge is 0.252 e. The van der Waals surface area contributed by atoms with Crippen LogP contribution >= 0.6 is 11.3 Å². The normalized spacial score (nSPS) is 12.9. The number of benzene rings is 15. The maximum atomic E-state index is 2.67. The second-order valence-electron chi connectivity index (χ2n) is 28.0. The molecule has 0 bridgehead atoms. The minimum atomic E-state index is -0.176. The summed E-state index contributed by atoms with van der Waals surface area (Å²) in [6, 6.07) is 115. The van der Waals surface area contributed by atoms with Crippen molar-refractivity contribution in [3.05, 3.63) is 314 Å². The Balaban J connectivity index is 0.961. The fraction of sp³-hybridized carbons (Fsp3) is 0.0889. The number of hydrogen-bond donors (Lipinski definition) is 0. The zero-order valence-corrected chi connectivity index (χ0v) is 55.0. The van der Waals surface area contributed by atoms with Crippen LogP contribution in [0.3, 0.4) is 0 Å². The Morgan fingerprint density at radius 1 is 0.295 bits per heavy atom. The number of rotatable bonds is 9. The molecule has 18 rings (SSSR count). The molecule has 16 aromatic rings. The third kappa shape index (κ3) is 9.31. The number of para-hydroxylation sites is 2. The maximum Gasteiger partial charge on any atom is 0.252 e. The van der Waals surface area contributed by atoms with E-state index in [0.29, 0.717) is 0 Å². The molecular weight excluding hydrogens is 1170 g/mol. The van der Waals surface area contributed by atoms with Gasteiger partial charge >= 0.3 is 0 Å². The van der Waals surface area contributed by atoms with Gasteiger partial charge in [0.05, 0.1) is 11.4 Å². The Morgan fingerprint density at radius 2 is 0.800 bits per heavy atom.